The number of anilines is 1. The molecule has 0 aliphatic carbocycles. The zero-order valence-corrected chi connectivity index (χ0v) is 12.0. The molecule has 0 heterocycles. The number of para-hydroxylation sites is 1. The van der Waals surface area contributed by atoms with Crippen LogP contribution >= 0.6 is 0 Å². The molecule has 0 aliphatic rings. The molecule has 0 bridgehead atoms. The lowest BCUT2D eigenvalue weighted by atomic mass is 10.2. The number of nitrogens with one attached hydrogen (secondary N) is 1. The van der Waals surface area contributed by atoms with Crippen LogP contribution in [-0.2, 0) is 0 Å². The third-order valence-corrected chi connectivity index (χ3v) is 2.75. The number of hydrogen-bond acceptors (Lipinski definition) is 2. The second-order valence-electron chi connectivity index (χ2n) is 4.58. The van der Waals surface area contributed by atoms with Crippen LogP contribution in [0.15, 0.2) is 48.5 Å². The molecule has 0 aliphatic heterocycles. The average molecular weight is 257 g/mol. The molecule has 2 heteroatoms. The Labute approximate surface area is 116 Å². The Morgan fingerprint density at radius 3 is 2.05 bits per heavy atom. The first-order valence-corrected chi connectivity index (χ1v) is 6.68. The van der Waals surface area contributed by atoms with Crippen LogP contribution in [0.1, 0.15) is 24.5 Å². The van der Waals surface area contributed by atoms with E-state index in [1.54, 1.807) is 6.07 Å². The van der Waals surface area contributed by atoms with Gasteiger partial charge in [-0.1, -0.05) is 42.8 Å². The molecule has 0 unspecified atom stereocenters. The molecule has 2 aromatic carbocycles. The molecule has 2 rings (SSSR count). The third kappa shape index (κ3) is 5.96. The number of phenolic OH excluding ortho intramolecular Hbond substituents is 1. The van der Waals surface area contributed by atoms with Gasteiger partial charge in [-0.05, 0) is 44.0 Å². The van der Waals surface area contributed by atoms with Gasteiger partial charge in [-0.15, -0.1) is 0 Å². The Balaban J connectivity index is 0.000000200. The molecule has 0 amide bonds. The van der Waals surface area contributed by atoms with Gasteiger partial charge in [0.15, 0.2) is 0 Å². The van der Waals surface area contributed by atoms with Crippen molar-refractivity contribution in [2.75, 3.05) is 11.9 Å². The molecule has 2 nitrogen and oxygen atoms in total. The van der Waals surface area contributed by atoms with Crippen molar-refractivity contribution in [2.45, 2.75) is 27.2 Å². The summed E-state index contributed by atoms with van der Waals surface area (Å²) in [6, 6.07) is 15.7. The summed E-state index contributed by atoms with van der Waals surface area (Å²) in [5, 5.41) is 12.2. The van der Waals surface area contributed by atoms with Crippen LogP contribution < -0.4 is 5.32 Å². The van der Waals surface area contributed by atoms with E-state index in [0.29, 0.717) is 5.75 Å². The van der Waals surface area contributed by atoms with Crippen molar-refractivity contribution < 1.29 is 5.11 Å². The Hall–Kier alpha value is -1.96. The van der Waals surface area contributed by atoms with E-state index < -0.39 is 0 Å². The molecule has 102 valence electrons. The van der Waals surface area contributed by atoms with Crippen molar-refractivity contribution >= 4 is 5.69 Å². The van der Waals surface area contributed by atoms with Crippen LogP contribution in [0.5, 0.6) is 5.75 Å². The summed E-state index contributed by atoms with van der Waals surface area (Å²) < 4.78 is 0. The minimum Gasteiger partial charge on any atom is -0.508 e. The first-order valence-electron chi connectivity index (χ1n) is 6.68. The molecule has 0 saturated heterocycles. The minimum atomic E-state index is 0.368. The van der Waals surface area contributed by atoms with Crippen LogP contribution in [0.2, 0.25) is 0 Å². The smallest absolute Gasteiger partial charge is 0.118 e. The normalized spacial score (nSPS) is 9.42. The summed E-state index contributed by atoms with van der Waals surface area (Å²) >= 11 is 0. The zero-order valence-electron chi connectivity index (χ0n) is 12.0. The van der Waals surface area contributed by atoms with Gasteiger partial charge in [0.25, 0.3) is 0 Å². The molecule has 0 aromatic heterocycles. The van der Waals surface area contributed by atoms with Gasteiger partial charge in [-0.25, -0.2) is 0 Å². The van der Waals surface area contributed by atoms with Crippen LogP contribution in [-0.4, -0.2) is 11.7 Å². The zero-order chi connectivity index (χ0) is 14.1. The number of rotatable bonds is 3. The van der Waals surface area contributed by atoms with Crippen LogP contribution in [0.4, 0.5) is 5.69 Å². The highest BCUT2D eigenvalue weighted by Crippen LogP contribution is 2.12. The summed E-state index contributed by atoms with van der Waals surface area (Å²) in [6.07, 6.45) is 1.17. The highest BCUT2D eigenvalue weighted by atomic mass is 16.3. The van der Waals surface area contributed by atoms with Gasteiger partial charge in [0.05, 0.1) is 0 Å². The first kappa shape index (κ1) is 15.1. The highest BCUT2D eigenvalue weighted by Gasteiger charge is 1.88. The summed E-state index contributed by atoms with van der Waals surface area (Å²) in [5.74, 6) is 0.368. The predicted octanol–water partition coefficient (Wildman–Crippen LogP) is 4.52. The Bertz CT molecular complexity index is 456. The van der Waals surface area contributed by atoms with E-state index in [1.807, 2.05) is 25.1 Å². The van der Waals surface area contributed by atoms with Gasteiger partial charge in [0, 0.05) is 12.2 Å². The number of benzene rings is 2. The van der Waals surface area contributed by atoms with Crippen molar-refractivity contribution in [1.82, 2.24) is 0 Å². The van der Waals surface area contributed by atoms with Crippen LogP contribution in [0, 0.1) is 13.8 Å². The fourth-order valence-electron chi connectivity index (χ4n) is 1.50. The van der Waals surface area contributed by atoms with Gasteiger partial charge >= 0.3 is 0 Å². The molecule has 2 aromatic rings. The van der Waals surface area contributed by atoms with E-state index in [-0.39, 0.29) is 0 Å². The maximum atomic E-state index is 8.92. The van der Waals surface area contributed by atoms with E-state index >= 15 is 0 Å². The minimum absolute atomic E-state index is 0.368. The second-order valence-corrected chi connectivity index (χ2v) is 4.58. The lowest BCUT2D eigenvalue weighted by molar-refractivity contribution is 0.471. The fourth-order valence-corrected chi connectivity index (χ4v) is 1.50. The van der Waals surface area contributed by atoms with Crippen LogP contribution in [0.3, 0.4) is 0 Å². The number of aryl methyl sites for hydroxylation is 2. The van der Waals surface area contributed by atoms with E-state index in [2.05, 4.69) is 43.4 Å². The average Bonchev–Trinajstić information content (AvgIpc) is 2.42. The standard InChI is InChI=1S/C10H15N.C7H8O/c1-3-8-11-10-6-4-9(2)5-7-10;1-6-4-2-3-5-7(6)8/h4-7,11H,3,8H2,1-2H3;2-5,8H,1H3. The largest absolute Gasteiger partial charge is 0.508 e. The SMILES string of the molecule is CCCNc1ccc(C)cc1.Cc1ccccc1O. The molecule has 19 heavy (non-hydrogen) atoms. The van der Waals surface area contributed by atoms with Gasteiger partial charge < -0.3 is 10.4 Å². The monoisotopic (exact) mass is 257 g/mol. The molecule has 2 N–H and O–H groups in total. The Kier molecular flexibility index (Phi) is 6.51. The van der Waals surface area contributed by atoms with E-state index in [1.165, 1.54) is 17.7 Å². The van der Waals surface area contributed by atoms with E-state index in [9.17, 15) is 0 Å². The maximum absolute atomic E-state index is 8.92. The van der Waals surface area contributed by atoms with E-state index in [4.69, 9.17) is 5.11 Å². The van der Waals surface area contributed by atoms with Gasteiger partial charge in [-0.2, -0.15) is 0 Å². The summed E-state index contributed by atoms with van der Waals surface area (Å²) in [7, 11) is 0. The fraction of sp³-hybridized carbons (Fsp3) is 0.294. The molecule has 0 spiro atoms. The third-order valence-electron chi connectivity index (χ3n) is 2.75. The quantitative estimate of drug-likeness (QED) is 0.847. The molecular weight excluding hydrogens is 234 g/mol. The first-order chi connectivity index (χ1) is 9.13. The van der Waals surface area contributed by atoms with Crippen molar-refractivity contribution in [3.05, 3.63) is 59.7 Å². The van der Waals surface area contributed by atoms with Gasteiger partial charge in [0.2, 0.25) is 0 Å². The summed E-state index contributed by atoms with van der Waals surface area (Å²) in [4.78, 5) is 0. The number of hydrogen-bond donors (Lipinski definition) is 2. The van der Waals surface area contributed by atoms with Crippen molar-refractivity contribution in [1.29, 1.82) is 0 Å². The second kappa shape index (κ2) is 8.20. The predicted molar refractivity (Wildman–Crippen MR) is 82.8 cm³/mol. The summed E-state index contributed by atoms with van der Waals surface area (Å²) in [5.41, 5.74) is 3.46. The topological polar surface area (TPSA) is 32.3 Å². The van der Waals surface area contributed by atoms with Crippen molar-refractivity contribution in [3.63, 3.8) is 0 Å². The van der Waals surface area contributed by atoms with Crippen molar-refractivity contribution in [3.8, 4) is 5.75 Å². The van der Waals surface area contributed by atoms with E-state index in [0.717, 1.165) is 12.1 Å². The molecule has 0 radical (unpaired) electrons. The number of phenols is 1. The molecule has 0 saturated carbocycles. The lowest BCUT2D eigenvalue weighted by Gasteiger charge is -2.03. The highest BCUT2D eigenvalue weighted by molar-refractivity contribution is 5.44. The summed E-state index contributed by atoms with van der Waals surface area (Å²) in [6.45, 7) is 7.20. The molecule has 0 atom stereocenters. The lowest BCUT2D eigenvalue weighted by Crippen LogP contribution is -1.98. The van der Waals surface area contributed by atoms with Crippen molar-refractivity contribution in [2.24, 2.45) is 0 Å². The van der Waals surface area contributed by atoms with Crippen LogP contribution in [0.25, 0.3) is 0 Å². The number of aromatic hydroxyl groups is 1. The Morgan fingerprint density at radius 2 is 1.58 bits per heavy atom. The van der Waals surface area contributed by atoms with Gasteiger partial charge in [0.1, 0.15) is 5.75 Å². The molecular formula is C17H23NO. The van der Waals surface area contributed by atoms with Gasteiger partial charge in [-0.3, -0.25) is 0 Å². The molecule has 0 fully saturated rings. The maximum Gasteiger partial charge on any atom is 0.118 e. The Morgan fingerprint density at radius 1 is 0.947 bits per heavy atom.